The molecule has 0 bridgehead atoms. The summed E-state index contributed by atoms with van der Waals surface area (Å²) in [5.74, 6) is 1.21. The molecule has 0 radical (unpaired) electrons. The first-order chi connectivity index (χ1) is 8.18. The van der Waals surface area contributed by atoms with Crippen molar-refractivity contribution in [3.05, 3.63) is 22.2 Å². The normalized spacial score (nSPS) is 18.7. The van der Waals surface area contributed by atoms with Gasteiger partial charge in [0.15, 0.2) is 11.5 Å². The van der Waals surface area contributed by atoms with Crippen LogP contribution in [0.1, 0.15) is 24.0 Å². The topological polar surface area (TPSA) is 47.9 Å². The van der Waals surface area contributed by atoms with Gasteiger partial charge in [-0.15, -0.1) is 0 Å². The Balaban J connectivity index is 2.21. The summed E-state index contributed by atoms with van der Waals surface area (Å²) in [6.45, 7) is 2.12. The number of hydrogen-bond donors (Lipinski definition) is 0. The second-order valence-corrected chi connectivity index (χ2v) is 4.73. The molecule has 0 spiro atoms. The van der Waals surface area contributed by atoms with Gasteiger partial charge in [0.05, 0.1) is 5.02 Å². The summed E-state index contributed by atoms with van der Waals surface area (Å²) in [4.78, 5) is 14.4. The van der Waals surface area contributed by atoms with E-state index in [0.717, 1.165) is 24.0 Å². The van der Waals surface area contributed by atoms with Crippen molar-refractivity contribution in [2.75, 3.05) is 6.79 Å². The van der Waals surface area contributed by atoms with Crippen LogP contribution in [0, 0.1) is 6.92 Å². The molecule has 1 aromatic carbocycles. The van der Waals surface area contributed by atoms with Gasteiger partial charge < -0.3 is 9.47 Å². The molecule has 1 aliphatic carbocycles. The van der Waals surface area contributed by atoms with E-state index < -0.39 is 5.54 Å². The molecular formula is C12H10ClNO3. The second-order valence-electron chi connectivity index (χ2n) is 4.35. The van der Waals surface area contributed by atoms with E-state index in [0.29, 0.717) is 16.5 Å². The molecule has 0 saturated heterocycles. The summed E-state index contributed by atoms with van der Waals surface area (Å²) in [5.41, 5.74) is 1.35. The molecule has 0 unspecified atom stereocenters. The summed E-state index contributed by atoms with van der Waals surface area (Å²) in [6, 6.07) is 1.88. The number of aryl methyl sites for hydroxylation is 1. The lowest BCUT2D eigenvalue weighted by Crippen LogP contribution is -2.06. The van der Waals surface area contributed by atoms with Gasteiger partial charge in [-0.05, 0) is 31.4 Å². The fourth-order valence-electron chi connectivity index (χ4n) is 2.32. The van der Waals surface area contributed by atoms with Gasteiger partial charge in [-0.25, -0.2) is 4.79 Å². The van der Waals surface area contributed by atoms with Crippen LogP contribution in [0.4, 0.5) is 0 Å². The van der Waals surface area contributed by atoms with Gasteiger partial charge in [-0.1, -0.05) is 11.6 Å². The first kappa shape index (κ1) is 10.6. The maximum atomic E-state index is 10.5. The number of benzene rings is 1. The Labute approximate surface area is 103 Å². The minimum absolute atomic E-state index is 0.182. The number of nitrogens with zero attached hydrogens (tertiary/aromatic N) is 1. The van der Waals surface area contributed by atoms with E-state index in [1.165, 1.54) is 0 Å². The number of aliphatic imine (C=N–C) groups is 1. The van der Waals surface area contributed by atoms with E-state index in [2.05, 4.69) is 4.99 Å². The van der Waals surface area contributed by atoms with Crippen molar-refractivity contribution >= 4 is 17.7 Å². The first-order valence-corrected chi connectivity index (χ1v) is 5.74. The molecule has 4 nitrogen and oxygen atoms in total. The average Bonchev–Trinajstić information content (AvgIpc) is 2.89. The number of halogens is 1. The molecule has 1 fully saturated rings. The fourth-order valence-corrected chi connectivity index (χ4v) is 2.79. The highest BCUT2D eigenvalue weighted by Gasteiger charge is 2.48. The van der Waals surface area contributed by atoms with E-state index >= 15 is 0 Å². The summed E-state index contributed by atoms with van der Waals surface area (Å²) >= 11 is 6.32. The predicted octanol–water partition coefficient (Wildman–Crippen LogP) is 2.70. The lowest BCUT2D eigenvalue weighted by Gasteiger charge is -2.15. The third kappa shape index (κ3) is 1.45. The standard InChI is InChI=1S/C12H10ClNO3/c1-7-4-8-11(17-6-16-8)10(13)9(7)12(2-3-12)14-5-15/h4H,2-3,6H2,1H3. The van der Waals surface area contributed by atoms with Crippen molar-refractivity contribution in [3.63, 3.8) is 0 Å². The maximum Gasteiger partial charge on any atom is 0.235 e. The van der Waals surface area contributed by atoms with E-state index in [1.807, 2.05) is 13.0 Å². The molecule has 1 saturated carbocycles. The number of ether oxygens (including phenoxy) is 2. The van der Waals surface area contributed by atoms with E-state index in [1.54, 1.807) is 6.08 Å². The summed E-state index contributed by atoms with van der Waals surface area (Å²) in [6.07, 6.45) is 3.28. The zero-order chi connectivity index (χ0) is 12.0. The molecule has 5 heteroatoms. The molecule has 0 N–H and O–H groups in total. The van der Waals surface area contributed by atoms with Gasteiger partial charge in [-0.3, -0.25) is 0 Å². The van der Waals surface area contributed by atoms with E-state index in [4.69, 9.17) is 21.1 Å². The van der Waals surface area contributed by atoms with Crippen molar-refractivity contribution < 1.29 is 14.3 Å². The second kappa shape index (κ2) is 3.49. The van der Waals surface area contributed by atoms with Crippen molar-refractivity contribution in [1.29, 1.82) is 0 Å². The quantitative estimate of drug-likeness (QED) is 0.600. The summed E-state index contributed by atoms with van der Waals surface area (Å²) in [5, 5.41) is 0.508. The highest BCUT2D eigenvalue weighted by Crippen LogP contribution is 2.56. The van der Waals surface area contributed by atoms with Gasteiger partial charge >= 0.3 is 0 Å². The molecule has 0 aromatic heterocycles. The molecule has 0 amide bonds. The average molecular weight is 252 g/mol. The molecule has 0 atom stereocenters. The number of hydrogen-bond acceptors (Lipinski definition) is 4. The van der Waals surface area contributed by atoms with Crippen molar-refractivity contribution in [2.24, 2.45) is 4.99 Å². The van der Waals surface area contributed by atoms with Crippen molar-refractivity contribution in [2.45, 2.75) is 25.3 Å². The van der Waals surface area contributed by atoms with Gasteiger partial charge in [0.1, 0.15) is 5.54 Å². The Hall–Kier alpha value is -1.51. The largest absolute Gasteiger partial charge is 0.454 e. The molecule has 2 aliphatic rings. The minimum atomic E-state index is -0.482. The van der Waals surface area contributed by atoms with Crippen LogP contribution in [0.3, 0.4) is 0 Å². The fraction of sp³-hybridized carbons (Fsp3) is 0.417. The van der Waals surface area contributed by atoms with Crippen molar-refractivity contribution in [1.82, 2.24) is 0 Å². The van der Waals surface area contributed by atoms with E-state index in [-0.39, 0.29) is 6.79 Å². The zero-order valence-corrected chi connectivity index (χ0v) is 10.0. The predicted molar refractivity (Wildman–Crippen MR) is 61.3 cm³/mol. The highest BCUT2D eigenvalue weighted by atomic mass is 35.5. The Morgan fingerprint density at radius 1 is 1.47 bits per heavy atom. The van der Waals surface area contributed by atoms with Gasteiger partial charge in [-0.2, -0.15) is 4.99 Å². The number of isocyanates is 1. The Morgan fingerprint density at radius 2 is 2.24 bits per heavy atom. The molecule has 17 heavy (non-hydrogen) atoms. The third-order valence-corrected chi connectivity index (χ3v) is 3.61. The van der Waals surface area contributed by atoms with Crippen LogP contribution < -0.4 is 9.47 Å². The monoisotopic (exact) mass is 251 g/mol. The zero-order valence-electron chi connectivity index (χ0n) is 9.25. The van der Waals surface area contributed by atoms with Crippen LogP contribution in [0.15, 0.2) is 11.1 Å². The Bertz CT molecular complexity index is 545. The highest BCUT2D eigenvalue weighted by molar-refractivity contribution is 6.33. The number of carbonyl (C=O) groups excluding carboxylic acids is 1. The van der Waals surface area contributed by atoms with Gasteiger partial charge in [0.25, 0.3) is 0 Å². The molecule has 88 valence electrons. The number of fused-ring (bicyclic) bond motifs is 1. The minimum Gasteiger partial charge on any atom is -0.454 e. The third-order valence-electron chi connectivity index (χ3n) is 3.25. The lowest BCUT2D eigenvalue weighted by molar-refractivity contribution is 0.174. The van der Waals surface area contributed by atoms with Crippen molar-refractivity contribution in [3.8, 4) is 11.5 Å². The molecule has 3 rings (SSSR count). The SMILES string of the molecule is Cc1cc2c(c(Cl)c1C1(N=C=O)CC1)OCO2. The maximum absolute atomic E-state index is 10.5. The van der Waals surface area contributed by atoms with Crippen LogP contribution in [-0.4, -0.2) is 12.9 Å². The van der Waals surface area contributed by atoms with E-state index in [9.17, 15) is 4.79 Å². The summed E-state index contributed by atoms with van der Waals surface area (Å²) < 4.78 is 10.6. The van der Waals surface area contributed by atoms with Crippen LogP contribution >= 0.6 is 11.6 Å². The van der Waals surface area contributed by atoms with Crippen LogP contribution in [-0.2, 0) is 10.3 Å². The van der Waals surface area contributed by atoms with Gasteiger partial charge in [0, 0.05) is 5.56 Å². The molecule has 1 aromatic rings. The van der Waals surface area contributed by atoms with Crippen LogP contribution in [0.5, 0.6) is 11.5 Å². The molecule has 1 heterocycles. The smallest absolute Gasteiger partial charge is 0.235 e. The van der Waals surface area contributed by atoms with Gasteiger partial charge in [0.2, 0.25) is 12.9 Å². The van der Waals surface area contributed by atoms with Crippen LogP contribution in [0.2, 0.25) is 5.02 Å². The molecule has 1 aliphatic heterocycles. The Kier molecular flexibility index (Phi) is 2.18. The Morgan fingerprint density at radius 3 is 2.88 bits per heavy atom. The number of rotatable bonds is 2. The van der Waals surface area contributed by atoms with Crippen LogP contribution in [0.25, 0.3) is 0 Å². The lowest BCUT2D eigenvalue weighted by atomic mass is 9.98. The first-order valence-electron chi connectivity index (χ1n) is 5.36. The molecular weight excluding hydrogens is 242 g/mol. The summed E-state index contributed by atoms with van der Waals surface area (Å²) in [7, 11) is 0.